The highest BCUT2D eigenvalue weighted by atomic mass is 32.2. The van der Waals surface area contributed by atoms with Crippen molar-refractivity contribution in [3.8, 4) is 5.75 Å². The maximum absolute atomic E-state index is 11.9. The van der Waals surface area contributed by atoms with E-state index in [1.807, 2.05) is 36.4 Å². The van der Waals surface area contributed by atoms with Crippen LogP contribution in [0.4, 0.5) is 0 Å². The van der Waals surface area contributed by atoms with Crippen LogP contribution in [0.2, 0.25) is 0 Å². The average Bonchev–Trinajstić information content (AvgIpc) is 3.44. The Morgan fingerprint density at radius 3 is 2.92 bits per heavy atom. The van der Waals surface area contributed by atoms with Crippen LogP contribution in [-0.4, -0.2) is 17.9 Å². The van der Waals surface area contributed by atoms with Crippen LogP contribution in [0.3, 0.4) is 0 Å². The first kappa shape index (κ1) is 17.3. The summed E-state index contributed by atoms with van der Waals surface area (Å²) in [6, 6.07) is 14.2. The van der Waals surface area contributed by atoms with Gasteiger partial charge in [0.25, 0.3) is 0 Å². The summed E-state index contributed by atoms with van der Waals surface area (Å²) in [5.41, 5.74) is 3.18. The molecule has 0 N–H and O–H groups in total. The number of aromatic nitrogens is 1. The number of hydrogen-bond acceptors (Lipinski definition) is 5. The van der Waals surface area contributed by atoms with E-state index in [0.29, 0.717) is 0 Å². The number of ether oxygens (including phenoxy) is 1. The Morgan fingerprint density at radius 2 is 2.15 bits per heavy atom. The first-order chi connectivity index (χ1) is 12.7. The summed E-state index contributed by atoms with van der Waals surface area (Å²) in [5, 5.41) is 0. The molecule has 0 spiro atoms. The highest BCUT2D eigenvalue weighted by Gasteiger charge is 2.27. The summed E-state index contributed by atoms with van der Waals surface area (Å²) in [5.74, 6) is 2.15. The van der Waals surface area contributed by atoms with E-state index in [2.05, 4.69) is 17.1 Å². The quantitative estimate of drug-likeness (QED) is 0.395. The van der Waals surface area contributed by atoms with Gasteiger partial charge in [0.2, 0.25) is 0 Å². The fraction of sp³-hybridized carbons (Fsp3) is 0.238. The molecule has 1 aliphatic rings. The van der Waals surface area contributed by atoms with Gasteiger partial charge in [-0.1, -0.05) is 36.0 Å². The normalized spacial score (nSPS) is 14.2. The number of carbonyl (C=O) groups is 1. The molecular formula is C21H19NO2S2. The van der Waals surface area contributed by atoms with E-state index in [9.17, 15) is 4.79 Å². The second-order valence-electron chi connectivity index (χ2n) is 6.32. The van der Waals surface area contributed by atoms with Crippen molar-refractivity contribution in [1.29, 1.82) is 0 Å². The summed E-state index contributed by atoms with van der Waals surface area (Å²) in [7, 11) is 1.69. The van der Waals surface area contributed by atoms with Crippen LogP contribution in [-0.2, 0) is 10.5 Å². The number of thiazole rings is 1. The lowest BCUT2D eigenvalue weighted by atomic mass is 10.1. The van der Waals surface area contributed by atoms with Crippen LogP contribution in [0.5, 0.6) is 5.75 Å². The first-order valence-corrected chi connectivity index (χ1v) is 10.4. The first-order valence-electron chi connectivity index (χ1n) is 8.60. The number of fused-ring (bicyclic) bond motifs is 1. The summed E-state index contributed by atoms with van der Waals surface area (Å²) in [4.78, 5) is 16.5. The molecule has 0 saturated heterocycles. The Morgan fingerprint density at radius 1 is 1.31 bits per heavy atom. The minimum absolute atomic E-state index is 0.242. The fourth-order valence-electron chi connectivity index (χ4n) is 2.75. The third-order valence-corrected chi connectivity index (χ3v) is 6.58. The molecule has 4 rings (SSSR count). The molecule has 0 atom stereocenters. The van der Waals surface area contributed by atoms with Gasteiger partial charge in [-0.3, -0.25) is 4.79 Å². The second kappa shape index (κ2) is 7.64. The van der Waals surface area contributed by atoms with Crippen molar-refractivity contribution >= 4 is 45.2 Å². The second-order valence-corrected chi connectivity index (χ2v) is 8.57. The van der Waals surface area contributed by atoms with Gasteiger partial charge in [-0.2, -0.15) is 0 Å². The minimum atomic E-state index is 0.242. The van der Waals surface area contributed by atoms with E-state index in [4.69, 9.17) is 4.74 Å². The topological polar surface area (TPSA) is 39.2 Å². The van der Waals surface area contributed by atoms with Crippen LogP contribution in [0, 0.1) is 5.92 Å². The lowest BCUT2D eigenvalue weighted by molar-refractivity contribution is -0.115. The molecule has 1 heterocycles. The third-order valence-electron chi connectivity index (χ3n) is 4.35. The van der Waals surface area contributed by atoms with Crippen molar-refractivity contribution in [1.82, 2.24) is 4.98 Å². The molecule has 1 saturated carbocycles. The van der Waals surface area contributed by atoms with E-state index in [1.54, 1.807) is 36.3 Å². The average molecular weight is 382 g/mol. The molecule has 0 aliphatic heterocycles. The van der Waals surface area contributed by atoms with E-state index < -0.39 is 0 Å². The third kappa shape index (κ3) is 4.00. The van der Waals surface area contributed by atoms with E-state index in [-0.39, 0.29) is 11.7 Å². The number of para-hydroxylation sites is 1. The van der Waals surface area contributed by atoms with Gasteiger partial charge in [0.15, 0.2) is 10.1 Å². The van der Waals surface area contributed by atoms with Crippen molar-refractivity contribution in [2.75, 3.05) is 7.11 Å². The van der Waals surface area contributed by atoms with Gasteiger partial charge in [-0.25, -0.2) is 4.98 Å². The molecule has 1 aromatic heterocycles. The number of carbonyl (C=O) groups excluding carboxylic acids is 1. The largest absolute Gasteiger partial charge is 0.496 e. The Balaban J connectivity index is 1.50. The lowest BCUT2D eigenvalue weighted by Crippen LogP contribution is -1.94. The highest BCUT2D eigenvalue weighted by Crippen LogP contribution is 2.34. The van der Waals surface area contributed by atoms with Gasteiger partial charge in [0.1, 0.15) is 5.75 Å². The molecule has 1 aliphatic carbocycles. The number of nitrogens with zero attached hydrogens (tertiary/aromatic N) is 1. The SMILES string of the molecule is COc1ccc(C=CC(=O)C2CC2)cc1CSc1nc2ccccc2s1. The smallest absolute Gasteiger partial charge is 0.158 e. The Kier molecular flexibility index (Phi) is 5.09. The van der Waals surface area contributed by atoms with Crippen molar-refractivity contribution in [2.24, 2.45) is 5.92 Å². The van der Waals surface area contributed by atoms with E-state index in [1.165, 1.54) is 4.70 Å². The Hall–Kier alpha value is -2.11. The highest BCUT2D eigenvalue weighted by molar-refractivity contribution is 8.00. The number of ketones is 1. The molecule has 0 radical (unpaired) electrons. The number of allylic oxidation sites excluding steroid dienone is 1. The van der Waals surface area contributed by atoms with Gasteiger partial charge < -0.3 is 4.74 Å². The van der Waals surface area contributed by atoms with E-state index >= 15 is 0 Å². The summed E-state index contributed by atoms with van der Waals surface area (Å²) >= 11 is 3.42. The monoisotopic (exact) mass is 381 g/mol. The van der Waals surface area contributed by atoms with Gasteiger partial charge >= 0.3 is 0 Å². The summed E-state index contributed by atoms with van der Waals surface area (Å²) < 4.78 is 7.76. The zero-order chi connectivity index (χ0) is 17.9. The maximum atomic E-state index is 11.9. The predicted molar refractivity (Wildman–Crippen MR) is 109 cm³/mol. The molecular weight excluding hydrogens is 362 g/mol. The molecule has 0 amide bonds. The van der Waals surface area contributed by atoms with Gasteiger partial charge in [0, 0.05) is 17.2 Å². The van der Waals surface area contributed by atoms with Crippen molar-refractivity contribution < 1.29 is 9.53 Å². The Labute approximate surface area is 161 Å². The lowest BCUT2D eigenvalue weighted by Gasteiger charge is -2.08. The number of rotatable bonds is 7. The van der Waals surface area contributed by atoms with Gasteiger partial charge in [-0.05, 0) is 48.7 Å². The van der Waals surface area contributed by atoms with Gasteiger partial charge in [0.05, 0.1) is 17.3 Å². The Bertz CT molecular complexity index is 940. The number of thioether (sulfide) groups is 1. The molecule has 5 heteroatoms. The predicted octanol–water partition coefficient (Wildman–Crippen LogP) is 5.59. The number of benzene rings is 2. The molecule has 0 bridgehead atoms. The van der Waals surface area contributed by atoms with Crippen LogP contribution >= 0.6 is 23.1 Å². The zero-order valence-electron chi connectivity index (χ0n) is 14.5. The zero-order valence-corrected chi connectivity index (χ0v) is 16.1. The minimum Gasteiger partial charge on any atom is -0.496 e. The molecule has 132 valence electrons. The summed E-state index contributed by atoms with van der Waals surface area (Å²) in [6.07, 6.45) is 5.70. The van der Waals surface area contributed by atoms with E-state index in [0.717, 1.165) is 45.3 Å². The molecule has 1 fully saturated rings. The molecule has 26 heavy (non-hydrogen) atoms. The summed E-state index contributed by atoms with van der Waals surface area (Å²) in [6.45, 7) is 0. The maximum Gasteiger partial charge on any atom is 0.158 e. The van der Waals surface area contributed by atoms with Crippen LogP contribution in [0.25, 0.3) is 16.3 Å². The number of methoxy groups -OCH3 is 1. The standard InChI is InChI=1S/C21H19NO2S2/c1-24-19-11-7-14(6-10-18(23)15-8-9-15)12-16(19)13-25-21-22-17-4-2-3-5-20(17)26-21/h2-7,10-12,15H,8-9,13H2,1H3. The van der Waals surface area contributed by atoms with Crippen molar-refractivity contribution in [3.05, 3.63) is 59.7 Å². The molecule has 3 aromatic rings. The molecule has 2 aromatic carbocycles. The fourth-order valence-corrected chi connectivity index (χ4v) is 4.80. The van der Waals surface area contributed by atoms with Crippen molar-refractivity contribution in [3.63, 3.8) is 0 Å². The molecule has 3 nitrogen and oxygen atoms in total. The van der Waals surface area contributed by atoms with Gasteiger partial charge in [-0.15, -0.1) is 11.3 Å². The van der Waals surface area contributed by atoms with Crippen molar-refractivity contribution in [2.45, 2.75) is 22.9 Å². The number of hydrogen-bond donors (Lipinski definition) is 0. The molecule has 0 unspecified atom stereocenters. The van der Waals surface area contributed by atoms with Crippen LogP contribution < -0.4 is 4.74 Å². The van der Waals surface area contributed by atoms with Crippen LogP contribution in [0.1, 0.15) is 24.0 Å². The van der Waals surface area contributed by atoms with Crippen LogP contribution in [0.15, 0.2) is 52.9 Å².